The van der Waals surface area contributed by atoms with E-state index in [0.29, 0.717) is 12.8 Å². The Balaban J connectivity index is 2.82. The summed E-state index contributed by atoms with van der Waals surface area (Å²) in [5, 5.41) is 18.9. The molecule has 0 aliphatic carbocycles. The molecule has 0 spiro atoms. The van der Waals surface area contributed by atoms with Crippen molar-refractivity contribution in [2.45, 2.75) is 44.8 Å². The van der Waals surface area contributed by atoms with Gasteiger partial charge in [0.2, 0.25) is 0 Å². The van der Waals surface area contributed by atoms with Crippen molar-refractivity contribution in [1.82, 2.24) is 0 Å². The van der Waals surface area contributed by atoms with Crippen LogP contribution in [0.4, 0.5) is 5.69 Å². The molecule has 1 aromatic rings. The number of aliphatic hydroxyl groups excluding tert-OH is 2. The van der Waals surface area contributed by atoms with Crippen LogP contribution in [0.5, 0.6) is 0 Å². The van der Waals surface area contributed by atoms with Gasteiger partial charge in [-0.1, -0.05) is 12.1 Å². The molecule has 0 radical (unpaired) electrons. The van der Waals surface area contributed by atoms with E-state index in [1.165, 1.54) is 0 Å². The summed E-state index contributed by atoms with van der Waals surface area (Å²) in [7, 11) is 0. The van der Waals surface area contributed by atoms with E-state index in [1.54, 1.807) is 13.8 Å². The number of nitrogens with two attached hydrogens (primary N) is 1. The lowest BCUT2D eigenvalue weighted by molar-refractivity contribution is 0.141. The number of aliphatic hydroxyl groups is 2. The average Bonchev–Trinajstić information content (AvgIpc) is 2.15. The Kier molecular flexibility index (Phi) is 4.77. The maximum Gasteiger partial charge on any atom is 0.0518 e. The molecule has 0 amide bonds. The Bertz CT molecular complexity index is 313. The van der Waals surface area contributed by atoms with Crippen molar-refractivity contribution in [3.05, 3.63) is 29.8 Å². The molecule has 0 saturated heterocycles. The van der Waals surface area contributed by atoms with E-state index in [2.05, 4.69) is 0 Å². The van der Waals surface area contributed by atoms with Crippen LogP contribution in [0, 0.1) is 0 Å². The molecule has 0 fully saturated rings. The molecule has 2 unspecified atom stereocenters. The van der Waals surface area contributed by atoms with Crippen LogP contribution in [0.3, 0.4) is 0 Å². The van der Waals surface area contributed by atoms with Gasteiger partial charge in [-0.3, -0.25) is 0 Å². The molecule has 1 aromatic carbocycles. The molecule has 0 heterocycles. The van der Waals surface area contributed by atoms with Gasteiger partial charge in [0.15, 0.2) is 0 Å². The lowest BCUT2D eigenvalue weighted by Crippen LogP contribution is -2.14. The van der Waals surface area contributed by atoms with Gasteiger partial charge in [-0.05, 0) is 50.3 Å². The van der Waals surface area contributed by atoms with Gasteiger partial charge >= 0.3 is 0 Å². The van der Waals surface area contributed by atoms with Crippen molar-refractivity contribution < 1.29 is 10.2 Å². The first-order valence-corrected chi connectivity index (χ1v) is 5.70. The first-order chi connectivity index (χ1) is 7.49. The van der Waals surface area contributed by atoms with Gasteiger partial charge in [0, 0.05) is 5.69 Å². The smallest absolute Gasteiger partial charge is 0.0518 e. The Labute approximate surface area is 96.9 Å². The number of hydrogen-bond acceptors (Lipinski definition) is 3. The van der Waals surface area contributed by atoms with E-state index in [1.807, 2.05) is 24.3 Å². The van der Waals surface area contributed by atoms with Crippen LogP contribution in [0.25, 0.3) is 0 Å². The summed E-state index contributed by atoms with van der Waals surface area (Å²) in [6, 6.07) is 7.65. The SMILES string of the molecule is CC(O)CC(CC(C)O)c1cccc(N)c1. The second-order valence-electron chi connectivity index (χ2n) is 4.54. The van der Waals surface area contributed by atoms with Crippen molar-refractivity contribution in [3.8, 4) is 0 Å². The molecule has 0 aliphatic rings. The van der Waals surface area contributed by atoms with E-state index in [-0.39, 0.29) is 18.1 Å². The van der Waals surface area contributed by atoms with Gasteiger partial charge in [0.05, 0.1) is 12.2 Å². The highest BCUT2D eigenvalue weighted by molar-refractivity contribution is 5.41. The summed E-state index contributed by atoms with van der Waals surface area (Å²) in [4.78, 5) is 0. The van der Waals surface area contributed by atoms with Gasteiger partial charge in [-0.25, -0.2) is 0 Å². The topological polar surface area (TPSA) is 66.5 Å². The second kappa shape index (κ2) is 5.87. The molecule has 3 nitrogen and oxygen atoms in total. The third-order valence-electron chi connectivity index (χ3n) is 2.63. The number of anilines is 1. The summed E-state index contributed by atoms with van der Waals surface area (Å²) in [6.45, 7) is 3.53. The maximum absolute atomic E-state index is 9.45. The lowest BCUT2D eigenvalue weighted by atomic mass is 9.88. The summed E-state index contributed by atoms with van der Waals surface area (Å²) >= 11 is 0. The average molecular weight is 223 g/mol. The number of hydrogen-bond donors (Lipinski definition) is 3. The molecular weight excluding hydrogens is 202 g/mol. The quantitative estimate of drug-likeness (QED) is 0.668. The zero-order valence-corrected chi connectivity index (χ0v) is 9.93. The predicted molar refractivity (Wildman–Crippen MR) is 66.2 cm³/mol. The summed E-state index contributed by atoms with van der Waals surface area (Å²) in [5.41, 5.74) is 7.54. The van der Waals surface area contributed by atoms with Crippen LogP contribution in [-0.2, 0) is 0 Å². The first kappa shape index (κ1) is 13.0. The van der Waals surface area contributed by atoms with E-state index in [9.17, 15) is 10.2 Å². The Hall–Kier alpha value is -1.06. The zero-order chi connectivity index (χ0) is 12.1. The number of rotatable bonds is 5. The minimum Gasteiger partial charge on any atom is -0.399 e. The molecular formula is C13H21NO2. The van der Waals surface area contributed by atoms with Gasteiger partial charge in [-0.15, -0.1) is 0 Å². The number of benzene rings is 1. The molecule has 90 valence electrons. The van der Waals surface area contributed by atoms with Crippen molar-refractivity contribution in [3.63, 3.8) is 0 Å². The standard InChI is InChI=1S/C13H21NO2/c1-9(15)6-12(7-10(2)16)11-4-3-5-13(14)8-11/h3-5,8-10,12,15-16H,6-7,14H2,1-2H3. The summed E-state index contributed by atoms with van der Waals surface area (Å²) in [5.74, 6) is 0.156. The van der Waals surface area contributed by atoms with Crippen molar-refractivity contribution >= 4 is 5.69 Å². The van der Waals surface area contributed by atoms with Crippen LogP contribution < -0.4 is 5.73 Å². The summed E-state index contributed by atoms with van der Waals surface area (Å²) < 4.78 is 0. The predicted octanol–water partition coefficient (Wildman–Crippen LogP) is 1.89. The fourth-order valence-electron chi connectivity index (χ4n) is 2.00. The van der Waals surface area contributed by atoms with E-state index >= 15 is 0 Å². The monoisotopic (exact) mass is 223 g/mol. The first-order valence-electron chi connectivity index (χ1n) is 5.70. The second-order valence-corrected chi connectivity index (χ2v) is 4.54. The van der Waals surface area contributed by atoms with Crippen LogP contribution in [0.15, 0.2) is 24.3 Å². The molecule has 4 N–H and O–H groups in total. The normalized spacial score (nSPS) is 16.8. The van der Waals surface area contributed by atoms with Crippen LogP contribution >= 0.6 is 0 Å². The van der Waals surface area contributed by atoms with Crippen LogP contribution in [0.1, 0.15) is 38.2 Å². The highest BCUT2D eigenvalue weighted by Gasteiger charge is 2.16. The minimum absolute atomic E-state index is 0.156. The largest absolute Gasteiger partial charge is 0.399 e. The Morgan fingerprint density at radius 1 is 1.12 bits per heavy atom. The van der Waals surface area contributed by atoms with Gasteiger partial charge in [0.1, 0.15) is 0 Å². The molecule has 3 heteroatoms. The summed E-state index contributed by atoms with van der Waals surface area (Å²) in [6.07, 6.45) is 0.554. The molecule has 0 bridgehead atoms. The van der Waals surface area contributed by atoms with Crippen molar-refractivity contribution in [2.75, 3.05) is 5.73 Å². The fraction of sp³-hybridized carbons (Fsp3) is 0.538. The van der Waals surface area contributed by atoms with Gasteiger partial charge < -0.3 is 15.9 Å². The third kappa shape index (κ3) is 4.21. The highest BCUT2D eigenvalue weighted by Crippen LogP contribution is 2.27. The zero-order valence-electron chi connectivity index (χ0n) is 9.93. The molecule has 0 aromatic heterocycles. The third-order valence-corrected chi connectivity index (χ3v) is 2.63. The molecule has 1 rings (SSSR count). The van der Waals surface area contributed by atoms with Gasteiger partial charge in [0.25, 0.3) is 0 Å². The Morgan fingerprint density at radius 3 is 2.12 bits per heavy atom. The minimum atomic E-state index is -0.370. The van der Waals surface area contributed by atoms with E-state index in [0.717, 1.165) is 11.3 Å². The lowest BCUT2D eigenvalue weighted by Gasteiger charge is -2.20. The fourth-order valence-corrected chi connectivity index (χ4v) is 2.00. The van der Waals surface area contributed by atoms with E-state index in [4.69, 9.17) is 5.73 Å². The Morgan fingerprint density at radius 2 is 1.69 bits per heavy atom. The van der Waals surface area contributed by atoms with E-state index < -0.39 is 0 Å². The molecule has 0 saturated carbocycles. The van der Waals surface area contributed by atoms with Crippen molar-refractivity contribution in [2.24, 2.45) is 0 Å². The van der Waals surface area contributed by atoms with Crippen LogP contribution in [0.2, 0.25) is 0 Å². The van der Waals surface area contributed by atoms with Crippen molar-refractivity contribution in [1.29, 1.82) is 0 Å². The van der Waals surface area contributed by atoms with Gasteiger partial charge in [-0.2, -0.15) is 0 Å². The maximum atomic E-state index is 9.45. The molecule has 2 atom stereocenters. The highest BCUT2D eigenvalue weighted by atomic mass is 16.3. The van der Waals surface area contributed by atoms with Crippen LogP contribution in [-0.4, -0.2) is 22.4 Å². The molecule has 0 aliphatic heterocycles. The molecule has 16 heavy (non-hydrogen) atoms. The number of nitrogen functional groups attached to an aromatic ring is 1.